The molecule has 0 saturated carbocycles. The average Bonchev–Trinajstić information content (AvgIpc) is 3.70. The second-order valence-corrected chi connectivity index (χ2v) is 20.9. The first kappa shape index (κ1) is 54.7. The molecule has 0 amide bonds. The van der Waals surface area contributed by atoms with Gasteiger partial charge in [-0.1, -0.05) is 78.3 Å². The molecule has 0 aliphatic carbocycles. The lowest BCUT2D eigenvalue weighted by Gasteiger charge is -2.34. The molecule has 0 radical (unpaired) electrons. The highest BCUT2D eigenvalue weighted by Gasteiger charge is 2.19. The maximum Gasteiger partial charge on any atom is 0.260 e. The zero-order valence-corrected chi connectivity index (χ0v) is 47.1. The zero-order valence-electron chi connectivity index (χ0n) is 46.3. The van der Waals surface area contributed by atoms with E-state index in [9.17, 15) is 14.0 Å². The predicted molar refractivity (Wildman–Crippen MR) is 330 cm³/mol. The van der Waals surface area contributed by atoms with Gasteiger partial charge < -0.3 is 25.3 Å². The highest BCUT2D eigenvalue weighted by atomic mass is 35.5. The van der Waals surface area contributed by atoms with Crippen LogP contribution in [-0.4, -0.2) is 103 Å². The Labute approximate surface area is 479 Å². The first-order chi connectivity index (χ1) is 39.9. The molecule has 11 aromatic rings. The third kappa shape index (κ3) is 11.8. The van der Waals surface area contributed by atoms with Crippen molar-refractivity contribution in [3.8, 4) is 44.5 Å². The number of fused-ring (bicyclic) bond motifs is 3. The van der Waals surface area contributed by atoms with Gasteiger partial charge in [0, 0.05) is 131 Å². The molecule has 1 fully saturated rings. The van der Waals surface area contributed by atoms with Crippen LogP contribution < -0.4 is 26.7 Å². The number of nitrogens with zero attached hydrogens (tertiary/aromatic N) is 11. The topological polar surface area (TPSA) is 155 Å². The number of hydrogen-bond donors (Lipinski definition) is 2. The van der Waals surface area contributed by atoms with Crippen LogP contribution in [0.4, 0.5) is 33.3 Å². The maximum atomic E-state index is 14.2. The van der Waals surface area contributed by atoms with Crippen molar-refractivity contribution in [1.29, 1.82) is 0 Å². The van der Waals surface area contributed by atoms with Gasteiger partial charge in [-0.15, -0.1) is 0 Å². The molecule has 0 bridgehead atoms. The van der Waals surface area contributed by atoms with Gasteiger partial charge in [0.2, 0.25) is 17.8 Å². The van der Waals surface area contributed by atoms with E-state index in [4.69, 9.17) is 16.6 Å². The van der Waals surface area contributed by atoms with Crippen molar-refractivity contribution in [3.63, 3.8) is 0 Å². The number of nitrogens with one attached hydrogen (secondary N) is 2. The van der Waals surface area contributed by atoms with E-state index in [2.05, 4.69) is 132 Å². The van der Waals surface area contributed by atoms with Crippen molar-refractivity contribution in [3.05, 3.63) is 208 Å². The summed E-state index contributed by atoms with van der Waals surface area (Å²) in [5.74, 6) is 0.282. The van der Waals surface area contributed by atoms with E-state index in [0.29, 0.717) is 74.5 Å². The van der Waals surface area contributed by atoms with Crippen molar-refractivity contribution in [2.24, 2.45) is 0 Å². The lowest BCUT2D eigenvalue weighted by Crippen LogP contribution is -2.44. The standard InChI is InChI=1S/C35H33N7O.C30H28ClFN6O/c1-3-42-33-26(23-37-35(39-33)38-27-13-15-28(16-14-27)41-20-18-40(2)19-21-41)22-31(34(42)43)25-11-9-24(10-12-25)29-6-4-8-32-30(29)7-5-17-36-32;1-4-38-28-21(18-34-30(36-28)35-22-10-7-19(8-11-22)13-15-37(2)3)16-25(29(38)39)24-12-9-20(17-26(24)31)23-6-5-14-33-27(23)32/h4-17,22-23H,3,18-21H2,1-2H3,(H,37,38,39);5-12,14,16-18H,4,13,15H2,1-3H3,(H,34,35,36). The molecule has 0 unspecified atom stereocenters. The maximum absolute atomic E-state index is 14.2. The van der Waals surface area contributed by atoms with E-state index >= 15 is 0 Å². The number of pyridine rings is 4. The first-order valence-electron chi connectivity index (χ1n) is 27.4. The summed E-state index contributed by atoms with van der Waals surface area (Å²) in [6.07, 6.45) is 7.65. The van der Waals surface area contributed by atoms with Crippen LogP contribution in [0.5, 0.6) is 0 Å². The smallest absolute Gasteiger partial charge is 0.260 e. The van der Waals surface area contributed by atoms with Crippen LogP contribution >= 0.6 is 11.6 Å². The van der Waals surface area contributed by atoms with Crippen LogP contribution in [0.3, 0.4) is 0 Å². The summed E-state index contributed by atoms with van der Waals surface area (Å²) in [5.41, 5.74) is 11.6. The number of anilines is 5. The Morgan fingerprint density at radius 1 is 0.573 bits per heavy atom. The quantitative estimate of drug-likeness (QED) is 0.0993. The van der Waals surface area contributed by atoms with Crippen LogP contribution in [0.2, 0.25) is 5.02 Å². The molecule has 82 heavy (non-hydrogen) atoms. The summed E-state index contributed by atoms with van der Waals surface area (Å²) < 4.78 is 17.5. The summed E-state index contributed by atoms with van der Waals surface area (Å²) in [4.78, 5) is 60.8. The minimum Gasteiger partial charge on any atom is -0.369 e. The van der Waals surface area contributed by atoms with Gasteiger partial charge in [0.1, 0.15) is 11.3 Å². The van der Waals surface area contributed by atoms with Gasteiger partial charge >= 0.3 is 0 Å². The Hall–Kier alpha value is -9.22. The summed E-state index contributed by atoms with van der Waals surface area (Å²) in [6, 6.07) is 46.9. The van der Waals surface area contributed by atoms with E-state index < -0.39 is 5.95 Å². The molecule has 15 nitrogen and oxygen atoms in total. The SMILES string of the molecule is CCn1c(=O)c(-c2ccc(-c3cccc4ncccc34)cc2)cc2cnc(Nc3ccc(N4CCN(C)CC4)cc3)nc21.CCn1c(=O)c(-c2ccc(-c3cccnc3F)cc2Cl)cc2cnc(Nc3ccc(CCN(C)C)cc3)nc21. The van der Waals surface area contributed by atoms with Gasteiger partial charge in [0.05, 0.1) is 5.52 Å². The average molecular weight is 1110 g/mol. The minimum absolute atomic E-state index is 0.0710. The fourth-order valence-corrected chi connectivity index (χ4v) is 10.6. The number of piperazine rings is 1. The van der Waals surface area contributed by atoms with Gasteiger partial charge in [0.15, 0.2) is 0 Å². The van der Waals surface area contributed by atoms with Crippen molar-refractivity contribution in [1.82, 2.24) is 48.8 Å². The van der Waals surface area contributed by atoms with E-state index in [-0.39, 0.29) is 11.1 Å². The predicted octanol–water partition coefficient (Wildman–Crippen LogP) is 12.4. The summed E-state index contributed by atoms with van der Waals surface area (Å²) in [7, 11) is 6.28. The molecule has 2 N–H and O–H groups in total. The molecule has 1 aliphatic heterocycles. The molecule has 5 aromatic carbocycles. The number of rotatable bonds is 14. The molecule has 6 aromatic heterocycles. The summed E-state index contributed by atoms with van der Waals surface area (Å²) in [6.45, 7) is 9.95. The Balaban J connectivity index is 0.000000173. The minimum atomic E-state index is -0.581. The van der Waals surface area contributed by atoms with Crippen molar-refractivity contribution < 1.29 is 4.39 Å². The van der Waals surface area contributed by atoms with Crippen LogP contribution in [0.1, 0.15) is 19.4 Å². The Morgan fingerprint density at radius 3 is 1.74 bits per heavy atom. The Kier molecular flexibility index (Phi) is 16.2. The number of benzene rings is 5. The van der Waals surface area contributed by atoms with E-state index in [1.54, 1.807) is 57.9 Å². The molecular weight excluding hydrogens is 1050 g/mol. The second kappa shape index (κ2) is 24.2. The molecule has 1 saturated heterocycles. The van der Waals surface area contributed by atoms with Gasteiger partial charge in [-0.3, -0.25) is 23.7 Å². The zero-order chi connectivity index (χ0) is 56.9. The number of aromatic nitrogens is 8. The van der Waals surface area contributed by atoms with E-state index in [0.717, 1.165) is 83.5 Å². The number of likely N-dealkylation sites (N-methyl/N-ethyl adjacent to an activating group) is 2. The fourth-order valence-electron chi connectivity index (χ4n) is 10.3. The number of halogens is 2. The molecule has 0 atom stereocenters. The highest BCUT2D eigenvalue weighted by molar-refractivity contribution is 6.33. The molecular formula is C65H61ClFN13O2. The van der Waals surface area contributed by atoms with Gasteiger partial charge in [0.25, 0.3) is 11.1 Å². The van der Waals surface area contributed by atoms with E-state index in [1.165, 1.54) is 17.4 Å². The van der Waals surface area contributed by atoms with Crippen LogP contribution in [-0.2, 0) is 19.5 Å². The highest BCUT2D eigenvalue weighted by Crippen LogP contribution is 2.34. The third-order valence-corrected chi connectivity index (χ3v) is 15.1. The Morgan fingerprint density at radius 2 is 1.13 bits per heavy atom. The monoisotopic (exact) mass is 1110 g/mol. The van der Waals surface area contributed by atoms with Crippen LogP contribution in [0.15, 0.2) is 180 Å². The lowest BCUT2D eigenvalue weighted by atomic mass is 9.98. The normalized spacial score (nSPS) is 12.7. The largest absolute Gasteiger partial charge is 0.369 e. The third-order valence-electron chi connectivity index (χ3n) is 14.8. The fraction of sp³-hybridized carbons (Fsp3) is 0.200. The van der Waals surface area contributed by atoms with Crippen LogP contribution in [0, 0.1) is 5.95 Å². The molecule has 12 rings (SSSR count). The van der Waals surface area contributed by atoms with Crippen molar-refractivity contribution in [2.75, 3.05) is 69.4 Å². The number of hydrogen-bond acceptors (Lipinski definition) is 13. The van der Waals surface area contributed by atoms with Gasteiger partial charge in [-0.25, -0.2) is 15.0 Å². The van der Waals surface area contributed by atoms with Crippen molar-refractivity contribution in [2.45, 2.75) is 33.4 Å². The summed E-state index contributed by atoms with van der Waals surface area (Å²) in [5, 5.41) is 9.51. The molecule has 1 aliphatic rings. The van der Waals surface area contributed by atoms with E-state index in [1.807, 2.05) is 68.6 Å². The number of aryl methyl sites for hydroxylation is 2. The van der Waals surface area contributed by atoms with Gasteiger partial charge in [-0.2, -0.15) is 14.4 Å². The summed E-state index contributed by atoms with van der Waals surface area (Å²) >= 11 is 6.61. The van der Waals surface area contributed by atoms with Gasteiger partial charge in [-0.05, 0) is 148 Å². The second-order valence-electron chi connectivity index (χ2n) is 20.5. The molecule has 17 heteroatoms. The van der Waals surface area contributed by atoms with Crippen molar-refractivity contribution >= 4 is 73.5 Å². The lowest BCUT2D eigenvalue weighted by molar-refractivity contribution is 0.313. The Bertz CT molecular complexity index is 4220. The van der Waals surface area contributed by atoms with Crippen LogP contribution in [0.25, 0.3) is 77.5 Å². The molecule has 7 heterocycles. The first-order valence-corrected chi connectivity index (χ1v) is 27.8. The molecule has 412 valence electrons. The molecule has 0 spiro atoms.